The first-order valence-electron chi connectivity index (χ1n) is 41.4. The lowest BCUT2D eigenvalue weighted by Crippen LogP contribution is -2.45. The van der Waals surface area contributed by atoms with Crippen LogP contribution in [0.5, 0.6) is 5.75 Å². The molecule has 10 aromatic rings. The number of fused-ring (bicyclic) bond motifs is 3. The van der Waals surface area contributed by atoms with Crippen LogP contribution in [0.4, 0.5) is 23.5 Å². The van der Waals surface area contributed by atoms with Crippen LogP contribution in [0.15, 0.2) is 149 Å². The third kappa shape index (κ3) is 24.4. The number of aliphatic hydroxyl groups is 2. The Morgan fingerprint density at radius 3 is 1.18 bits per heavy atom. The van der Waals surface area contributed by atoms with E-state index in [-0.39, 0.29) is 157 Å². The zero-order chi connectivity index (χ0) is 95.7. The van der Waals surface area contributed by atoms with Gasteiger partial charge in [0.25, 0.3) is 22.4 Å². The van der Waals surface area contributed by atoms with E-state index in [9.17, 15) is 48.4 Å². The van der Waals surface area contributed by atoms with Crippen molar-refractivity contribution >= 4 is 176 Å². The SMILES string of the molecule is C.C=C1C(n2cnc3c(=O)[nH]c(N)nc32)C[C@H](O)[C@H]1CO[P@]1(=O)OCC[C@H](c2cc(Cl)cc(Cl)c2)O1.C=C1C(n2cnc3c(=O)[nH]c(N)nc32)C[C@H](O[Si](C)(C)C(C)(C)C)[C@H]1CO.C=C1C(n2cnc3c(=O)[nH]c(N)nc32)C[C@H](O[Si](C)(C)C(C)(C)C)[C@H]1CO[P@]1(=O)OCC[C@H](c2cc(Cl)cc(Cl)c2)O1.CP.O=[N+]([O-])c1ccc(OP2(=O)OCC[C@H](c3cc(Cl)cc(Cl)c3)O2)cc1. The Morgan fingerprint density at radius 2 is 0.841 bits per heavy atom. The van der Waals surface area contributed by atoms with Crippen LogP contribution in [-0.4, -0.2) is 155 Å². The largest absolute Gasteiger partial charge is 0.530 e. The molecule has 3 aliphatic heterocycles. The minimum atomic E-state index is -3.95. The molecule has 3 saturated carbocycles. The van der Waals surface area contributed by atoms with Gasteiger partial charge in [0.1, 0.15) is 5.75 Å². The van der Waals surface area contributed by atoms with Crippen LogP contribution in [-0.2, 0) is 58.7 Å². The predicted molar refractivity (Wildman–Crippen MR) is 517 cm³/mol. The van der Waals surface area contributed by atoms with E-state index in [1.54, 1.807) is 76.4 Å². The number of nitro benzene ring substituents is 1. The number of rotatable bonds is 20. The fourth-order valence-corrected chi connectivity index (χ4v) is 23.9. The van der Waals surface area contributed by atoms with Gasteiger partial charge in [0, 0.05) is 79.3 Å². The number of hydrogen-bond donors (Lipinski definition) is 8. The normalized spacial score (nSPS) is 25.7. The number of aliphatic hydroxyl groups excluding tert-OH is 2. The molecule has 5 unspecified atom stereocenters. The second-order valence-electron chi connectivity index (χ2n) is 34.7. The van der Waals surface area contributed by atoms with E-state index in [0.29, 0.717) is 95.8 Å². The van der Waals surface area contributed by atoms with Gasteiger partial charge in [-0.25, -0.2) is 28.6 Å². The smallest absolute Gasteiger partial charge is 0.413 e. The molecule has 16 atom stereocenters. The number of benzene rings is 4. The van der Waals surface area contributed by atoms with Crippen molar-refractivity contribution in [3.05, 3.63) is 222 Å². The van der Waals surface area contributed by atoms with Crippen molar-refractivity contribution in [3.8, 4) is 5.75 Å². The fraction of sp³-hybridized carbons (Fsp3) is 0.458. The maximum absolute atomic E-state index is 13.7. The van der Waals surface area contributed by atoms with Gasteiger partial charge in [-0.3, -0.25) is 75.6 Å². The lowest BCUT2D eigenvalue weighted by atomic mass is 10.0. The molecule has 16 rings (SSSR count). The van der Waals surface area contributed by atoms with Gasteiger partial charge in [0.15, 0.2) is 50.1 Å². The third-order valence-corrected chi connectivity index (χ3v) is 38.7. The van der Waals surface area contributed by atoms with Gasteiger partial charge in [-0.1, -0.05) is 145 Å². The van der Waals surface area contributed by atoms with Crippen LogP contribution >= 0.6 is 102 Å². The first-order valence-corrected chi connectivity index (χ1v) is 55.0. The molecule has 11 N–H and O–H groups in total. The van der Waals surface area contributed by atoms with E-state index in [2.05, 4.69) is 142 Å². The second kappa shape index (κ2) is 42.7. The number of phosphoric acid groups is 3. The summed E-state index contributed by atoms with van der Waals surface area (Å²) < 4.78 is 108. The molecule has 0 radical (unpaired) electrons. The van der Waals surface area contributed by atoms with Gasteiger partial charge in [-0.15, -0.1) is 9.24 Å². The Balaban J connectivity index is 0.000000172. The number of nitrogen functional groups attached to an aromatic ring is 3. The molecule has 37 nitrogen and oxygen atoms in total. The number of H-pyrrole nitrogens is 3. The number of aromatic amines is 3. The van der Waals surface area contributed by atoms with Crippen LogP contribution in [0.3, 0.4) is 0 Å². The molecule has 3 aliphatic carbocycles. The van der Waals surface area contributed by atoms with Crippen molar-refractivity contribution in [3.63, 3.8) is 0 Å². The molecule has 9 heterocycles. The molecule has 0 spiro atoms. The summed E-state index contributed by atoms with van der Waals surface area (Å²) in [4.78, 5) is 79.4. The van der Waals surface area contributed by atoms with Crippen LogP contribution in [0.25, 0.3) is 33.5 Å². The lowest BCUT2D eigenvalue weighted by Gasteiger charge is -2.40. The van der Waals surface area contributed by atoms with Crippen LogP contribution < -0.4 is 38.4 Å². The highest BCUT2D eigenvalue weighted by Crippen LogP contribution is 2.62. The van der Waals surface area contributed by atoms with Crippen molar-refractivity contribution < 1.29 is 78.4 Å². The van der Waals surface area contributed by atoms with Crippen LogP contribution in [0, 0.1) is 27.9 Å². The Morgan fingerprint density at radius 1 is 0.530 bits per heavy atom. The molecule has 3 saturated heterocycles. The highest BCUT2D eigenvalue weighted by atomic mass is 35.5. The summed E-state index contributed by atoms with van der Waals surface area (Å²) in [5.74, 6) is -0.971. The molecule has 6 fully saturated rings. The molecule has 4 aromatic carbocycles. The molecule has 0 amide bonds. The Bertz CT molecular complexity index is 6220. The number of non-ortho nitro benzene ring substituents is 1. The Kier molecular flexibility index (Phi) is 34.0. The first-order chi connectivity index (χ1) is 61.5. The predicted octanol–water partition coefficient (Wildman–Crippen LogP) is 19.5. The maximum atomic E-state index is 13.7. The van der Waals surface area contributed by atoms with E-state index in [4.69, 9.17) is 136 Å². The number of nitro groups is 1. The summed E-state index contributed by atoms with van der Waals surface area (Å²) in [7, 11) is -13.6. The van der Waals surface area contributed by atoms with E-state index < -0.39 is 92.5 Å². The third-order valence-electron chi connectivity index (χ3n) is 24.0. The standard InChI is InChI=1S/C27H36Cl2N5O6PSi.C21H22Cl2N5O6P.C18H29N5O3Si.C15H12Cl2NO6P.CH5P.CH4/c1-15-19(13-38-41(36)37-8-7-21(39-41)16-9-17(28)11-18(29)10-16)22(40-42(5,6)27(2,3)4)12-20(15)34-14-31-23-24(34)32-26(30)33-25(23)35;1-10-14(16(29)7-15(10)28-9-25-18-19(28)26-21(24)27-20(18)30)8-33-35(31)32-3-2-17(34-35)11-4-12(22)6-13(23)5-11;1-10-11(8-24)13(26-27(5,6)18(2,3)4)7-12(10)23-9-20-14-15(23)21-17(19)22-16(14)25;16-11-7-10(8-12(17)9-11)15-5-6-22-25(21,24-15)23-14-3-1-13(2-4-14)18(19)20;1-2;/h9-11,14,19-22H,1,7-8,12-13H2,2-6H3,(H3,30,32,33,35);4-6,9,14-17,29H,1-3,7-8H2,(H3,24,26,27,30);9,11-13,24H,1,7-8H2,2-6H3,(H3,19,21,22,25);1-4,7-9,15H,5-6H2;2H2,1H3;1H4/t19-,20?,21+,22-,41-;14-,15?,16-,17+,35-;11-,12?,13-;15-,25?;;/m0001../s1. The van der Waals surface area contributed by atoms with Crippen molar-refractivity contribution in [2.75, 3.05) is 63.5 Å². The number of phosphoric ester groups is 3. The summed E-state index contributed by atoms with van der Waals surface area (Å²) in [5, 5.41) is 34.0. The molecular weight excluding hydrogens is 1950 g/mol. The van der Waals surface area contributed by atoms with E-state index in [1.807, 2.05) is 11.2 Å². The molecule has 49 heteroatoms. The van der Waals surface area contributed by atoms with Gasteiger partial charge in [-0.05, 0) is 156 Å². The highest BCUT2D eigenvalue weighted by molar-refractivity contribution is 7.49. The van der Waals surface area contributed by atoms with Gasteiger partial charge >= 0.3 is 23.5 Å². The molecule has 716 valence electrons. The summed E-state index contributed by atoms with van der Waals surface area (Å²) >= 11 is 36.5. The first kappa shape index (κ1) is 105. The van der Waals surface area contributed by atoms with Gasteiger partial charge in [-0.2, -0.15) is 15.0 Å². The molecular formula is C83H108Cl6N16O21P4Si2. The number of anilines is 3. The van der Waals surface area contributed by atoms with Gasteiger partial charge < -0.3 is 54.5 Å². The Labute approximate surface area is 795 Å². The van der Waals surface area contributed by atoms with E-state index in [0.717, 1.165) is 11.1 Å². The number of imidazole rings is 3. The zero-order valence-corrected chi connectivity index (χ0v) is 83.7. The topological polar surface area (TPSA) is 505 Å². The van der Waals surface area contributed by atoms with Gasteiger partial charge in [0.2, 0.25) is 17.8 Å². The Hall–Kier alpha value is -7.44. The monoisotopic (exact) mass is 2050 g/mol. The van der Waals surface area contributed by atoms with E-state index in [1.165, 1.54) is 30.6 Å². The second-order valence-corrected chi connectivity index (χ2v) is 51.7. The maximum Gasteiger partial charge on any atom is 0.530 e. The van der Waals surface area contributed by atoms with Crippen LogP contribution in [0.1, 0.15) is 141 Å². The number of hydrogen-bond acceptors (Lipinski definition) is 30. The minimum absolute atomic E-state index is 0. The lowest BCUT2D eigenvalue weighted by molar-refractivity contribution is -0.384. The van der Waals surface area contributed by atoms with Crippen LogP contribution in [0.2, 0.25) is 66.4 Å². The summed E-state index contributed by atoms with van der Waals surface area (Å²) in [5.41, 5.74) is 21.7. The average Bonchev–Trinajstić information content (AvgIpc) is 1.61. The van der Waals surface area contributed by atoms with Gasteiger partial charge in [0.05, 0.1) is 118 Å². The number of aromatic nitrogens is 12. The number of nitrogens with one attached hydrogen (secondary N) is 3. The molecule has 6 aliphatic rings. The molecule has 6 aromatic heterocycles. The van der Waals surface area contributed by atoms with E-state index >= 15 is 0 Å². The quantitative estimate of drug-likeness (QED) is 0.0115. The summed E-state index contributed by atoms with van der Waals surface area (Å²) in [6.45, 7) is 36.7. The highest BCUT2D eigenvalue weighted by Gasteiger charge is 2.51. The number of nitrogens with zero attached hydrogens (tertiary/aromatic N) is 10. The number of nitrogens with two attached hydrogens (primary N) is 3. The summed E-state index contributed by atoms with van der Waals surface area (Å²) in [6.07, 6.45) is 4.37. The van der Waals surface area contributed by atoms with Crippen molar-refractivity contribution in [2.45, 2.75) is 179 Å². The molecule has 0 bridgehead atoms. The van der Waals surface area contributed by atoms with Crippen molar-refractivity contribution in [2.24, 2.45) is 17.8 Å². The van der Waals surface area contributed by atoms with Crippen molar-refractivity contribution in [1.29, 1.82) is 0 Å². The van der Waals surface area contributed by atoms with Crippen molar-refractivity contribution in [1.82, 2.24) is 58.6 Å². The minimum Gasteiger partial charge on any atom is -0.413 e. The molecule has 132 heavy (non-hydrogen) atoms. The number of halogens is 6. The zero-order valence-electron chi connectivity index (χ0n) is 73.3. The average molecular weight is 2060 g/mol. The summed E-state index contributed by atoms with van der Waals surface area (Å²) in [6, 6.07) is 19.2. The fourth-order valence-electron chi connectivity index (χ4n) is 15.3.